The number of ether oxygens (including phenoxy) is 2. The van der Waals surface area contributed by atoms with E-state index in [0.29, 0.717) is 36.6 Å². The number of nitrogens with one attached hydrogen (secondary N) is 1. The molecule has 2 aromatic carbocycles. The zero-order chi connectivity index (χ0) is 29.5. The SMILES string of the molecule is COc1cc2c(cc1N1CCCOC1=O)CN(C(=O)c1c(Sc3c(Cl)cccc3C#N)cc(C(F)(F)Cl)[nH]c1=O)C2. The largest absolute Gasteiger partial charge is 0.495 e. The van der Waals surface area contributed by atoms with Crippen LogP contribution in [0.1, 0.15) is 39.2 Å². The van der Waals surface area contributed by atoms with Crippen LogP contribution in [0.5, 0.6) is 5.75 Å². The van der Waals surface area contributed by atoms with Crippen molar-refractivity contribution in [3.63, 3.8) is 0 Å². The lowest BCUT2D eigenvalue weighted by Gasteiger charge is -2.28. The highest BCUT2D eigenvalue weighted by Crippen LogP contribution is 2.41. The van der Waals surface area contributed by atoms with Crippen molar-refractivity contribution in [2.45, 2.75) is 34.7 Å². The molecule has 212 valence electrons. The predicted molar refractivity (Wildman–Crippen MR) is 147 cm³/mol. The maximum atomic E-state index is 14.0. The highest BCUT2D eigenvalue weighted by molar-refractivity contribution is 7.99. The van der Waals surface area contributed by atoms with Crippen molar-refractivity contribution >= 4 is 52.7 Å². The van der Waals surface area contributed by atoms with Crippen LogP contribution in [0.15, 0.2) is 51.0 Å². The fourth-order valence-corrected chi connectivity index (χ4v) is 6.10. The summed E-state index contributed by atoms with van der Waals surface area (Å²) >= 11 is 12.2. The number of amides is 2. The van der Waals surface area contributed by atoms with Crippen molar-refractivity contribution in [1.29, 1.82) is 5.26 Å². The number of H-pyrrole nitrogens is 1. The summed E-state index contributed by atoms with van der Waals surface area (Å²) in [6, 6.07) is 10.8. The van der Waals surface area contributed by atoms with Crippen molar-refractivity contribution in [3.05, 3.63) is 79.7 Å². The molecule has 0 bridgehead atoms. The number of halogens is 4. The number of methoxy groups -OCH3 is 1. The number of hydrogen-bond acceptors (Lipinski definition) is 7. The third kappa shape index (κ3) is 5.57. The van der Waals surface area contributed by atoms with Crippen LogP contribution in [-0.2, 0) is 23.2 Å². The summed E-state index contributed by atoms with van der Waals surface area (Å²) < 4.78 is 38.7. The van der Waals surface area contributed by atoms with Gasteiger partial charge in [0.05, 0.1) is 30.0 Å². The molecule has 0 aliphatic carbocycles. The summed E-state index contributed by atoms with van der Waals surface area (Å²) in [7, 11) is 1.46. The van der Waals surface area contributed by atoms with Gasteiger partial charge in [-0.2, -0.15) is 14.0 Å². The number of benzene rings is 2. The van der Waals surface area contributed by atoms with E-state index < -0.39 is 34.2 Å². The van der Waals surface area contributed by atoms with E-state index in [1.54, 1.807) is 18.2 Å². The molecule has 1 aromatic heterocycles. The Bertz CT molecular complexity index is 1670. The number of hydrogen-bond donors (Lipinski definition) is 1. The number of nitriles is 1. The van der Waals surface area contributed by atoms with Gasteiger partial charge < -0.3 is 19.4 Å². The van der Waals surface area contributed by atoms with Crippen LogP contribution in [-0.4, -0.2) is 42.1 Å². The molecule has 0 radical (unpaired) electrons. The predicted octanol–water partition coefficient (Wildman–Crippen LogP) is 5.85. The van der Waals surface area contributed by atoms with E-state index in [1.165, 1.54) is 29.0 Å². The fourth-order valence-electron chi connectivity index (χ4n) is 4.64. The average molecular weight is 621 g/mol. The number of carbonyl (C=O) groups excluding carboxylic acids is 2. The molecule has 41 heavy (non-hydrogen) atoms. The summed E-state index contributed by atoms with van der Waals surface area (Å²) in [5.74, 6) is -0.333. The number of carbonyl (C=O) groups is 2. The Labute approximate surface area is 246 Å². The molecule has 0 saturated carbocycles. The fraction of sp³-hybridized carbons (Fsp3) is 0.259. The summed E-state index contributed by atoms with van der Waals surface area (Å²) in [5.41, 5.74) is -0.368. The van der Waals surface area contributed by atoms with Crippen LogP contribution in [0.25, 0.3) is 0 Å². The minimum absolute atomic E-state index is 0.0700. The van der Waals surface area contributed by atoms with Gasteiger partial charge in [0.2, 0.25) is 0 Å². The third-order valence-electron chi connectivity index (χ3n) is 6.59. The molecule has 1 saturated heterocycles. The third-order valence-corrected chi connectivity index (χ3v) is 8.41. The molecule has 2 aliphatic rings. The highest BCUT2D eigenvalue weighted by Gasteiger charge is 2.35. The lowest BCUT2D eigenvalue weighted by molar-refractivity contribution is 0.0740. The standard InChI is InChI=1S/C27H20Cl2F2N4O5S/c1-39-19-9-16-13-34(12-15(16)8-18(19)35-6-3-7-40-26(35)38)25(37)22-20(10-21(27(29,30)31)33-24(22)36)41-23-14(11-32)4-2-5-17(23)28/h2,4-5,8-10H,3,6-7,12-13H2,1H3,(H,33,36). The van der Waals surface area contributed by atoms with E-state index in [0.717, 1.165) is 23.4 Å². The van der Waals surface area contributed by atoms with Gasteiger partial charge in [-0.25, -0.2) is 4.79 Å². The van der Waals surface area contributed by atoms with E-state index >= 15 is 0 Å². The van der Waals surface area contributed by atoms with Gasteiger partial charge in [-0.3, -0.25) is 14.5 Å². The molecule has 1 N–H and O–H groups in total. The van der Waals surface area contributed by atoms with Crippen LogP contribution in [0, 0.1) is 11.3 Å². The minimum Gasteiger partial charge on any atom is -0.495 e. The zero-order valence-electron chi connectivity index (χ0n) is 21.3. The number of rotatable bonds is 6. The molecule has 2 amide bonds. The van der Waals surface area contributed by atoms with Gasteiger partial charge in [0.1, 0.15) is 23.1 Å². The Morgan fingerprint density at radius 3 is 2.61 bits per heavy atom. The number of cyclic esters (lactones) is 1. The van der Waals surface area contributed by atoms with Gasteiger partial charge in [0, 0.05) is 29.4 Å². The van der Waals surface area contributed by atoms with E-state index in [2.05, 4.69) is 0 Å². The Hall–Kier alpha value is -3.79. The average Bonchev–Trinajstić information content (AvgIpc) is 3.36. The normalized spacial score (nSPS) is 14.9. The first-order valence-corrected chi connectivity index (χ1v) is 13.7. The van der Waals surface area contributed by atoms with Crippen LogP contribution in [0.2, 0.25) is 5.02 Å². The quantitative estimate of drug-likeness (QED) is 0.344. The monoisotopic (exact) mass is 620 g/mol. The van der Waals surface area contributed by atoms with Crippen molar-refractivity contribution in [2.24, 2.45) is 0 Å². The summed E-state index contributed by atoms with van der Waals surface area (Å²) in [6.45, 7) is 0.900. The van der Waals surface area contributed by atoms with Crippen LogP contribution in [0.4, 0.5) is 19.3 Å². The van der Waals surface area contributed by atoms with Gasteiger partial charge in [0.15, 0.2) is 0 Å². The van der Waals surface area contributed by atoms with E-state index in [1.807, 2.05) is 11.1 Å². The number of alkyl halides is 3. The minimum atomic E-state index is -3.93. The number of anilines is 1. The molecular weight excluding hydrogens is 601 g/mol. The van der Waals surface area contributed by atoms with Crippen LogP contribution < -0.4 is 15.2 Å². The second-order valence-corrected chi connectivity index (χ2v) is 11.1. The van der Waals surface area contributed by atoms with E-state index in [4.69, 9.17) is 32.7 Å². The first-order valence-electron chi connectivity index (χ1n) is 12.2. The van der Waals surface area contributed by atoms with Gasteiger partial charge in [-0.05, 0) is 59.5 Å². The molecule has 9 nitrogen and oxygen atoms in total. The topological polar surface area (TPSA) is 116 Å². The maximum absolute atomic E-state index is 14.0. The van der Waals surface area contributed by atoms with E-state index in [-0.39, 0.29) is 33.5 Å². The molecule has 5 rings (SSSR count). The van der Waals surface area contributed by atoms with Crippen molar-refractivity contribution in [1.82, 2.24) is 9.88 Å². The summed E-state index contributed by atoms with van der Waals surface area (Å²) in [5, 5.41) is 5.74. The van der Waals surface area contributed by atoms with Gasteiger partial charge in [-0.15, -0.1) is 0 Å². The number of aromatic amines is 1. The molecule has 1 fully saturated rings. The highest BCUT2D eigenvalue weighted by atomic mass is 35.5. The maximum Gasteiger partial charge on any atom is 0.414 e. The lowest BCUT2D eigenvalue weighted by Crippen LogP contribution is -2.38. The molecule has 0 spiro atoms. The Balaban J connectivity index is 1.53. The van der Waals surface area contributed by atoms with E-state index in [9.17, 15) is 28.4 Å². The summed E-state index contributed by atoms with van der Waals surface area (Å²) in [6.07, 6.45) is 0.122. The zero-order valence-corrected chi connectivity index (χ0v) is 23.6. The number of fused-ring (bicyclic) bond motifs is 1. The Morgan fingerprint density at radius 2 is 1.95 bits per heavy atom. The van der Waals surface area contributed by atoms with Gasteiger partial charge >= 0.3 is 11.5 Å². The summed E-state index contributed by atoms with van der Waals surface area (Å²) in [4.78, 5) is 44.2. The van der Waals surface area contributed by atoms with Crippen molar-refractivity contribution in [3.8, 4) is 11.8 Å². The molecule has 14 heteroatoms. The Kier molecular flexibility index (Phi) is 7.87. The number of aromatic nitrogens is 1. The molecule has 3 heterocycles. The smallest absolute Gasteiger partial charge is 0.414 e. The number of pyridine rings is 1. The molecule has 0 unspecified atom stereocenters. The van der Waals surface area contributed by atoms with Crippen molar-refractivity contribution < 1.29 is 27.8 Å². The Morgan fingerprint density at radius 1 is 1.22 bits per heavy atom. The lowest BCUT2D eigenvalue weighted by atomic mass is 10.1. The molecular formula is C27H20Cl2F2N4O5S. The molecule has 3 aromatic rings. The van der Waals surface area contributed by atoms with Crippen LogP contribution >= 0.6 is 35.0 Å². The molecule has 0 atom stereocenters. The first kappa shape index (κ1) is 28.7. The van der Waals surface area contributed by atoms with Crippen LogP contribution in [0.3, 0.4) is 0 Å². The van der Waals surface area contributed by atoms with Gasteiger partial charge in [-0.1, -0.05) is 29.4 Å². The first-order chi connectivity index (χ1) is 19.5. The number of nitrogens with zero attached hydrogens (tertiary/aromatic N) is 3. The van der Waals surface area contributed by atoms with Crippen molar-refractivity contribution in [2.75, 3.05) is 25.2 Å². The second-order valence-electron chi connectivity index (χ2n) is 9.15. The second kappa shape index (κ2) is 11.2. The van der Waals surface area contributed by atoms with Gasteiger partial charge in [0.25, 0.3) is 11.5 Å². The molecule has 2 aliphatic heterocycles.